The SMILES string of the molecule is CC(O)CC(C)NC1(CN)CC(C)CC(C)(C)C1. The third kappa shape index (κ3) is 4.52. The normalized spacial score (nSPS) is 35.2. The highest BCUT2D eigenvalue weighted by Gasteiger charge is 2.42. The fourth-order valence-electron chi connectivity index (χ4n) is 4.16. The van der Waals surface area contributed by atoms with E-state index in [-0.39, 0.29) is 11.6 Å². The van der Waals surface area contributed by atoms with Gasteiger partial charge in [0.1, 0.15) is 0 Å². The molecule has 0 bridgehead atoms. The highest BCUT2D eigenvalue weighted by atomic mass is 16.3. The summed E-state index contributed by atoms with van der Waals surface area (Å²) in [4.78, 5) is 0. The maximum absolute atomic E-state index is 9.49. The van der Waals surface area contributed by atoms with Gasteiger partial charge in [-0.25, -0.2) is 0 Å². The van der Waals surface area contributed by atoms with Crippen LogP contribution in [0.2, 0.25) is 0 Å². The second kappa shape index (κ2) is 5.89. The molecule has 0 saturated heterocycles. The average molecular weight is 256 g/mol. The first-order valence-electron chi connectivity index (χ1n) is 7.34. The molecule has 1 aliphatic rings. The smallest absolute Gasteiger partial charge is 0.0526 e. The summed E-state index contributed by atoms with van der Waals surface area (Å²) in [5, 5.41) is 13.2. The second-order valence-electron chi connectivity index (χ2n) is 7.47. The number of aliphatic hydroxyl groups is 1. The highest BCUT2D eigenvalue weighted by Crippen LogP contribution is 2.43. The van der Waals surface area contributed by atoms with E-state index in [1.54, 1.807) is 0 Å². The monoisotopic (exact) mass is 256 g/mol. The van der Waals surface area contributed by atoms with Gasteiger partial charge in [-0.1, -0.05) is 20.8 Å². The first-order chi connectivity index (χ1) is 8.18. The first kappa shape index (κ1) is 15.9. The second-order valence-corrected chi connectivity index (χ2v) is 7.47. The van der Waals surface area contributed by atoms with Crippen LogP contribution in [0, 0.1) is 11.3 Å². The fraction of sp³-hybridized carbons (Fsp3) is 1.00. The van der Waals surface area contributed by atoms with Gasteiger partial charge in [0.15, 0.2) is 0 Å². The fourth-order valence-corrected chi connectivity index (χ4v) is 4.16. The molecule has 0 aromatic heterocycles. The van der Waals surface area contributed by atoms with Gasteiger partial charge in [0.2, 0.25) is 0 Å². The van der Waals surface area contributed by atoms with Crippen LogP contribution in [0.3, 0.4) is 0 Å². The standard InChI is InChI=1S/C15H32N2O/c1-11-7-14(4,5)9-15(8-11,10-16)17-12(2)6-13(3)18/h11-13,17-18H,6-10,16H2,1-5H3. The molecule has 1 rings (SSSR count). The molecule has 3 heteroatoms. The average Bonchev–Trinajstić information content (AvgIpc) is 2.12. The van der Waals surface area contributed by atoms with Crippen molar-refractivity contribution < 1.29 is 5.11 Å². The molecular weight excluding hydrogens is 224 g/mol. The molecule has 1 fully saturated rings. The van der Waals surface area contributed by atoms with Crippen LogP contribution in [0.5, 0.6) is 0 Å². The Labute approximate surface area is 113 Å². The molecular formula is C15H32N2O. The number of hydrogen-bond acceptors (Lipinski definition) is 3. The molecule has 0 amide bonds. The van der Waals surface area contributed by atoms with Gasteiger partial charge in [0.05, 0.1) is 6.10 Å². The predicted molar refractivity (Wildman–Crippen MR) is 77.5 cm³/mol. The molecule has 108 valence electrons. The van der Waals surface area contributed by atoms with E-state index in [1.165, 1.54) is 6.42 Å². The van der Waals surface area contributed by atoms with E-state index < -0.39 is 0 Å². The molecule has 18 heavy (non-hydrogen) atoms. The Morgan fingerprint density at radius 1 is 1.33 bits per heavy atom. The molecule has 0 heterocycles. The predicted octanol–water partition coefficient (Wildman–Crippen LogP) is 2.28. The first-order valence-corrected chi connectivity index (χ1v) is 7.34. The molecule has 4 atom stereocenters. The molecule has 0 aromatic carbocycles. The Balaban J connectivity index is 2.72. The van der Waals surface area contributed by atoms with E-state index >= 15 is 0 Å². The van der Waals surface area contributed by atoms with E-state index in [2.05, 4.69) is 33.0 Å². The molecule has 4 N–H and O–H groups in total. The Morgan fingerprint density at radius 2 is 1.94 bits per heavy atom. The van der Waals surface area contributed by atoms with Crippen molar-refractivity contribution in [3.8, 4) is 0 Å². The Bertz CT molecular complexity index is 265. The number of nitrogens with two attached hydrogens (primary N) is 1. The Hall–Kier alpha value is -0.120. The number of aliphatic hydroxyl groups excluding tert-OH is 1. The van der Waals surface area contributed by atoms with Crippen LogP contribution >= 0.6 is 0 Å². The van der Waals surface area contributed by atoms with Crippen LogP contribution in [0.4, 0.5) is 0 Å². The molecule has 0 aliphatic heterocycles. The summed E-state index contributed by atoms with van der Waals surface area (Å²) < 4.78 is 0. The zero-order chi connectivity index (χ0) is 14.0. The van der Waals surface area contributed by atoms with Crippen LogP contribution in [0.15, 0.2) is 0 Å². The summed E-state index contributed by atoms with van der Waals surface area (Å²) in [6.07, 6.45) is 4.09. The Kier molecular flexibility index (Phi) is 5.22. The zero-order valence-electron chi connectivity index (χ0n) is 12.8. The van der Waals surface area contributed by atoms with Crippen molar-refractivity contribution in [2.75, 3.05) is 6.54 Å². The van der Waals surface area contributed by atoms with Crippen molar-refractivity contribution in [2.45, 2.75) is 78.0 Å². The summed E-state index contributed by atoms with van der Waals surface area (Å²) in [5.74, 6) is 0.712. The van der Waals surface area contributed by atoms with Gasteiger partial charge in [-0.3, -0.25) is 0 Å². The third-order valence-electron chi connectivity index (χ3n) is 4.10. The summed E-state index contributed by atoms with van der Waals surface area (Å²) in [6, 6.07) is 0.314. The van der Waals surface area contributed by atoms with Crippen LogP contribution in [0.25, 0.3) is 0 Å². The van der Waals surface area contributed by atoms with Crippen molar-refractivity contribution in [2.24, 2.45) is 17.1 Å². The minimum atomic E-state index is -0.253. The van der Waals surface area contributed by atoms with Gasteiger partial charge in [-0.2, -0.15) is 0 Å². The van der Waals surface area contributed by atoms with Crippen LogP contribution < -0.4 is 11.1 Å². The van der Waals surface area contributed by atoms with Crippen LogP contribution in [-0.2, 0) is 0 Å². The van der Waals surface area contributed by atoms with Gasteiger partial charge in [-0.05, 0) is 50.9 Å². The quantitative estimate of drug-likeness (QED) is 0.707. The maximum Gasteiger partial charge on any atom is 0.0526 e. The molecule has 0 radical (unpaired) electrons. The lowest BCUT2D eigenvalue weighted by molar-refractivity contribution is 0.0710. The van der Waals surface area contributed by atoms with E-state index in [0.29, 0.717) is 23.9 Å². The van der Waals surface area contributed by atoms with Gasteiger partial charge >= 0.3 is 0 Å². The minimum Gasteiger partial charge on any atom is -0.393 e. The van der Waals surface area contributed by atoms with Gasteiger partial charge in [-0.15, -0.1) is 0 Å². The zero-order valence-corrected chi connectivity index (χ0v) is 12.8. The Morgan fingerprint density at radius 3 is 2.39 bits per heavy atom. The van der Waals surface area contributed by atoms with Crippen LogP contribution in [-0.4, -0.2) is 29.3 Å². The summed E-state index contributed by atoms with van der Waals surface area (Å²) >= 11 is 0. The van der Waals surface area contributed by atoms with Crippen molar-refractivity contribution >= 4 is 0 Å². The molecule has 1 saturated carbocycles. The topological polar surface area (TPSA) is 58.3 Å². The molecule has 4 unspecified atom stereocenters. The largest absolute Gasteiger partial charge is 0.393 e. The van der Waals surface area contributed by atoms with Crippen LogP contribution in [0.1, 0.15) is 60.3 Å². The maximum atomic E-state index is 9.49. The summed E-state index contributed by atoms with van der Waals surface area (Å²) in [5.41, 5.74) is 6.48. The minimum absolute atomic E-state index is 0.0511. The van der Waals surface area contributed by atoms with E-state index in [4.69, 9.17) is 5.73 Å². The molecule has 0 aromatic rings. The lowest BCUT2D eigenvalue weighted by Gasteiger charge is -2.49. The van der Waals surface area contributed by atoms with Crippen molar-refractivity contribution in [1.29, 1.82) is 0 Å². The lowest BCUT2D eigenvalue weighted by Crippen LogP contribution is -2.59. The van der Waals surface area contributed by atoms with Crippen molar-refractivity contribution in [1.82, 2.24) is 5.32 Å². The van der Waals surface area contributed by atoms with Crippen molar-refractivity contribution in [3.63, 3.8) is 0 Å². The van der Waals surface area contributed by atoms with Gasteiger partial charge < -0.3 is 16.2 Å². The highest BCUT2D eigenvalue weighted by molar-refractivity contribution is 5.00. The lowest BCUT2D eigenvalue weighted by atomic mass is 9.64. The summed E-state index contributed by atoms with van der Waals surface area (Å²) in [6.45, 7) is 11.7. The van der Waals surface area contributed by atoms with Crippen molar-refractivity contribution in [3.05, 3.63) is 0 Å². The van der Waals surface area contributed by atoms with E-state index in [1.807, 2.05) is 6.92 Å². The molecule has 1 aliphatic carbocycles. The van der Waals surface area contributed by atoms with E-state index in [9.17, 15) is 5.11 Å². The van der Waals surface area contributed by atoms with E-state index in [0.717, 1.165) is 19.3 Å². The molecule has 3 nitrogen and oxygen atoms in total. The number of hydrogen-bond donors (Lipinski definition) is 3. The third-order valence-corrected chi connectivity index (χ3v) is 4.10. The summed E-state index contributed by atoms with van der Waals surface area (Å²) in [7, 11) is 0. The number of nitrogens with one attached hydrogen (secondary N) is 1. The van der Waals surface area contributed by atoms with Gasteiger partial charge in [0, 0.05) is 18.1 Å². The van der Waals surface area contributed by atoms with Gasteiger partial charge in [0.25, 0.3) is 0 Å². The molecule has 0 spiro atoms. The number of rotatable bonds is 5.